The van der Waals surface area contributed by atoms with Crippen LogP contribution in [-0.2, 0) is 94.7 Å². The van der Waals surface area contributed by atoms with E-state index in [9.17, 15) is 22.8 Å². The van der Waals surface area contributed by atoms with Crippen molar-refractivity contribution in [1.29, 1.82) is 0 Å². The Morgan fingerprint density at radius 3 is 1.48 bits per heavy atom. The molecule has 714 valence electrons. The normalized spacial score (nSPS) is 20.8. The van der Waals surface area contributed by atoms with Crippen LogP contribution in [0.4, 0.5) is 26.7 Å². The molecule has 2 aliphatic carbocycles. The van der Waals surface area contributed by atoms with Crippen LogP contribution in [0.25, 0.3) is 11.1 Å². The molecule has 23 rings (SSSR count). The van der Waals surface area contributed by atoms with Crippen LogP contribution in [0, 0.1) is 6.92 Å². The number of carbonyl (C=O) groups is 3. The molecule has 3 amide bonds. The van der Waals surface area contributed by atoms with Crippen LogP contribution in [0.1, 0.15) is 231 Å². The Balaban J connectivity index is 0.000000109. The first-order valence-corrected chi connectivity index (χ1v) is 51.7. The summed E-state index contributed by atoms with van der Waals surface area (Å²) in [6.07, 6.45) is 21.1. The summed E-state index contributed by atoms with van der Waals surface area (Å²) in [4.78, 5) is 47.3. The number of nitrogens with one attached hydrogen (secondary N) is 8. The lowest BCUT2D eigenvalue weighted by Gasteiger charge is -2.46. The fourth-order valence-corrected chi connectivity index (χ4v) is 26.3. The summed E-state index contributed by atoms with van der Waals surface area (Å²) in [5.74, 6) is 0.160. The molecule has 9 aromatic rings. The van der Waals surface area contributed by atoms with Crippen LogP contribution in [0.2, 0.25) is 0 Å². The van der Waals surface area contributed by atoms with E-state index < -0.39 is 21.2 Å². The number of piperidine rings is 7. The number of aryl methyl sites for hydroxylation is 3. The Labute approximate surface area is 797 Å². The van der Waals surface area contributed by atoms with Gasteiger partial charge in [-0.05, 0) is 335 Å². The quantitative estimate of drug-likeness (QED) is 0.0816. The molecule has 22 nitrogen and oxygen atoms in total. The summed E-state index contributed by atoms with van der Waals surface area (Å²) in [5, 5.41) is 32.5. The molecular weight excluding hydrogens is 1690 g/mol. The van der Waals surface area contributed by atoms with Crippen molar-refractivity contribution >= 4 is 45.2 Å². The van der Waals surface area contributed by atoms with Crippen molar-refractivity contribution in [2.45, 2.75) is 252 Å². The minimum Gasteiger partial charge on any atom is -0.444 e. The van der Waals surface area contributed by atoms with Crippen molar-refractivity contribution in [3.63, 3.8) is 0 Å². The number of rotatable bonds is 4. The number of carbonyl (C=O) groups excluding carboxylic acids is 3. The topological polar surface area (TPSA) is 244 Å². The van der Waals surface area contributed by atoms with Gasteiger partial charge in [0.25, 0.3) is 10.0 Å². The van der Waals surface area contributed by atoms with E-state index in [1.165, 1.54) is 119 Å². The van der Waals surface area contributed by atoms with Crippen molar-refractivity contribution in [2.24, 2.45) is 0 Å². The van der Waals surface area contributed by atoms with E-state index in [0.29, 0.717) is 28.8 Å². The van der Waals surface area contributed by atoms with Crippen molar-refractivity contribution in [2.75, 3.05) is 139 Å². The van der Waals surface area contributed by atoms with E-state index in [2.05, 4.69) is 195 Å². The number of pyridine rings is 1. The summed E-state index contributed by atoms with van der Waals surface area (Å²) in [6.45, 7) is 40.9. The summed E-state index contributed by atoms with van der Waals surface area (Å²) >= 11 is 0. The molecule has 7 fully saturated rings. The Kier molecular flexibility index (Phi) is 29.0. The van der Waals surface area contributed by atoms with Crippen LogP contribution in [0.3, 0.4) is 0 Å². The van der Waals surface area contributed by atoms with Gasteiger partial charge in [0, 0.05) is 139 Å². The lowest BCUT2D eigenvalue weighted by molar-refractivity contribution is -0.116. The van der Waals surface area contributed by atoms with Gasteiger partial charge < -0.3 is 66.7 Å². The standard InChI is InChI=1S/C19H22N2O2S.2C18H26N2O2.C16H16N2.C14H23N3.C14H18N2O.C12H16N2/c1-15-6-8-16(9-7-15)24(22,23)21-14-19(10-12-20-13-11-19)17-4-2-3-5-18(17)21;1-17(2,3)22-16(21)20-10-8-18(9-11-20)13-19-12-14-6-4-5-7-15(14)18;1-17(2,3)22-16(21)20-12-14-6-4-5-7-15(14)18(13-20)8-10-19-11-9-18;1-2-6-14-12(4-1)13-5-3-9-18-15(13)16(14)7-10-17-11-8-16;1-3-12-11-5-6-14(7-9-15-10-8-14)13(11)17(4-2)16-12;1-11(17)16-10-14(6-8-15-9-7-14)12-4-2-3-5-13(12)16;1-2-4-11-10(3-1)12(9-14-11)5-7-13-8-6-12/h2-9,20H,10-14H2,1H3;2*4-7,19H,8-13H2,1-3H3;1-6,9,17H,7-8,10-11H2;15H,3-10H2,1-2H3;2-5,15H,6-10H2,1H3;1-4,13-14H,5-9H2. The number of likely N-dealkylation sites (tertiary alicyclic amines) is 1. The third kappa shape index (κ3) is 19.8. The second-order valence-corrected chi connectivity index (χ2v) is 44.1. The number of amides is 3. The summed E-state index contributed by atoms with van der Waals surface area (Å²) < 4.78 is 41.5. The van der Waals surface area contributed by atoms with E-state index in [1.54, 1.807) is 40.2 Å². The van der Waals surface area contributed by atoms with E-state index in [1.807, 2.05) is 106 Å². The third-order valence-corrected chi connectivity index (χ3v) is 33.5. The van der Waals surface area contributed by atoms with Gasteiger partial charge in [-0.1, -0.05) is 158 Å². The number of ether oxygens (including phenoxy) is 2. The van der Waals surface area contributed by atoms with E-state index in [4.69, 9.17) is 19.6 Å². The Morgan fingerprint density at radius 1 is 0.440 bits per heavy atom. The van der Waals surface area contributed by atoms with Crippen molar-refractivity contribution in [1.82, 2.24) is 61.8 Å². The number of anilines is 3. The number of hydrogen-bond acceptors (Lipinski definition) is 17. The molecule has 0 saturated carbocycles. The monoisotopic (exact) mass is 1830 g/mol. The molecule has 0 radical (unpaired) electrons. The Morgan fingerprint density at radius 2 is 0.903 bits per heavy atom. The minimum absolute atomic E-state index is 0.0559. The molecule has 7 saturated heterocycles. The Bertz CT molecular complexity index is 5640. The highest BCUT2D eigenvalue weighted by atomic mass is 32.2. The molecular formula is C111H147N15O7S. The molecule has 0 bridgehead atoms. The van der Waals surface area contributed by atoms with Crippen molar-refractivity contribution in [3.05, 3.63) is 261 Å². The molecule has 0 unspecified atom stereocenters. The molecule has 0 atom stereocenters. The van der Waals surface area contributed by atoms with Gasteiger partial charge in [0.1, 0.15) is 11.2 Å². The lowest BCUT2D eigenvalue weighted by atomic mass is 9.69. The van der Waals surface area contributed by atoms with Gasteiger partial charge in [-0.15, -0.1) is 0 Å². The van der Waals surface area contributed by atoms with E-state index in [0.717, 1.165) is 205 Å². The predicted octanol–water partition coefficient (Wildman–Crippen LogP) is 17.1. The minimum atomic E-state index is -3.53. The first-order valence-electron chi connectivity index (χ1n) is 50.3. The van der Waals surface area contributed by atoms with Crippen LogP contribution < -0.4 is 51.7 Å². The first-order chi connectivity index (χ1) is 64.7. The number of nitrogens with zero attached hydrogens (tertiary/aromatic N) is 7. The van der Waals surface area contributed by atoms with Gasteiger partial charge in [0.05, 0.1) is 22.0 Å². The molecule has 7 aromatic carbocycles. The highest BCUT2D eigenvalue weighted by molar-refractivity contribution is 7.92. The summed E-state index contributed by atoms with van der Waals surface area (Å²) in [5.41, 5.74) is 24.7. The molecule has 14 aliphatic rings. The molecule has 14 heterocycles. The highest BCUT2D eigenvalue weighted by Gasteiger charge is 2.52. The number of benzene rings is 7. The largest absolute Gasteiger partial charge is 0.444 e. The van der Waals surface area contributed by atoms with Crippen LogP contribution in [0.5, 0.6) is 0 Å². The molecule has 134 heavy (non-hydrogen) atoms. The fourth-order valence-electron chi connectivity index (χ4n) is 24.7. The predicted molar refractivity (Wildman–Crippen MR) is 539 cm³/mol. The smallest absolute Gasteiger partial charge is 0.410 e. The molecule has 12 aliphatic heterocycles. The molecule has 7 spiro atoms. The zero-order valence-electron chi connectivity index (χ0n) is 81.4. The number of fused-ring (bicyclic) bond motifs is 17. The van der Waals surface area contributed by atoms with Crippen molar-refractivity contribution < 1.29 is 32.3 Å². The maximum Gasteiger partial charge on any atom is 0.410 e. The van der Waals surface area contributed by atoms with Gasteiger partial charge in [-0.2, -0.15) is 5.10 Å². The van der Waals surface area contributed by atoms with E-state index >= 15 is 0 Å². The van der Waals surface area contributed by atoms with E-state index in [-0.39, 0.29) is 45.2 Å². The fraction of sp³-hybridized carbons (Fsp3) is 0.523. The average molecular weight is 1840 g/mol. The number of sulfonamides is 1. The molecule has 23 heteroatoms. The SMILES string of the molecule is CC(=O)N1CC2(CCNCC2)c2ccccc21.CC(C)(C)OC(=O)N1CCC2(CC1)CNCc1ccccc12.CC(C)(C)OC(=O)N1Cc2ccccc2C2(CCNCC2)C1.CCc1nn(CC)c2c1CCC21CCNCC1.Cc1ccc(S(=O)(=O)N2CC3(CCNCC3)c3ccccc32)cc1.c1ccc2c(c1)-c1cccnc1C21CCNCC1.c1ccc2c(c1)NCC21CCNCC1. The van der Waals surface area contributed by atoms with Gasteiger partial charge in [0.15, 0.2) is 0 Å². The van der Waals surface area contributed by atoms with Crippen LogP contribution in [0.15, 0.2) is 193 Å². The van der Waals surface area contributed by atoms with Gasteiger partial charge in [0.2, 0.25) is 5.91 Å². The Hall–Kier alpha value is -9.82. The maximum atomic E-state index is 13.2. The van der Waals surface area contributed by atoms with Crippen molar-refractivity contribution in [3.8, 4) is 11.1 Å². The maximum absolute atomic E-state index is 13.2. The van der Waals surface area contributed by atoms with Gasteiger partial charge in [-0.3, -0.25) is 18.8 Å². The van der Waals surface area contributed by atoms with Gasteiger partial charge in [-0.25, -0.2) is 18.0 Å². The second kappa shape index (κ2) is 40.5. The third-order valence-electron chi connectivity index (χ3n) is 31.7. The zero-order chi connectivity index (χ0) is 93.6. The molecule has 8 N–H and O–H groups in total. The second-order valence-electron chi connectivity index (χ2n) is 42.2. The lowest BCUT2D eigenvalue weighted by Crippen LogP contribution is -2.53. The molecule has 2 aromatic heterocycles. The van der Waals surface area contributed by atoms with Gasteiger partial charge >= 0.3 is 12.2 Å². The van der Waals surface area contributed by atoms with Crippen LogP contribution >= 0.6 is 0 Å². The summed E-state index contributed by atoms with van der Waals surface area (Å²) in [7, 11) is -3.53. The number of hydrogen-bond donors (Lipinski definition) is 8. The first kappa shape index (κ1) is 95.9. The zero-order valence-corrected chi connectivity index (χ0v) is 82.2. The summed E-state index contributed by atoms with van der Waals surface area (Å²) in [6, 6.07) is 62.7. The average Bonchev–Trinajstić information content (AvgIpc) is 1.16. The highest BCUT2D eigenvalue weighted by Crippen LogP contribution is 2.54. The van der Waals surface area contributed by atoms with Crippen LogP contribution in [-0.4, -0.2) is 187 Å². The number of aromatic nitrogens is 3. The number of para-hydroxylation sites is 3.